The number of H-pyrrole nitrogens is 1. The molecule has 1 aliphatic rings. The molecule has 0 spiro atoms. The molecule has 1 aliphatic carbocycles. The van der Waals surface area contributed by atoms with E-state index in [2.05, 4.69) is 48.8 Å². The minimum absolute atomic E-state index is 0.000489. The minimum atomic E-state index is -0.342. The lowest BCUT2D eigenvalue weighted by Gasteiger charge is -2.19. The van der Waals surface area contributed by atoms with Crippen molar-refractivity contribution in [1.29, 1.82) is 0 Å². The zero-order valence-electron chi connectivity index (χ0n) is 21.9. The molecule has 1 atom stereocenters. The fraction of sp³-hybridized carbons (Fsp3) is 0.357. The van der Waals surface area contributed by atoms with Gasteiger partial charge in [0.15, 0.2) is 5.65 Å². The van der Waals surface area contributed by atoms with Crippen molar-refractivity contribution < 1.29 is 9.21 Å². The van der Waals surface area contributed by atoms with Gasteiger partial charge < -0.3 is 14.7 Å². The van der Waals surface area contributed by atoms with Crippen molar-refractivity contribution in [3.05, 3.63) is 65.8 Å². The highest BCUT2D eigenvalue weighted by atomic mass is 16.4. The molecule has 5 aromatic rings. The van der Waals surface area contributed by atoms with Gasteiger partial charge in [0, 0.05) is 30.4 Å². The van der Waals surface area contributed by atoms with Crippen LogP contribution in [0.2, 0.25) is 0 Å². The number of aromatic nitrogens is 7. The van der Waals surface area contributed by atoms with Crippen LogP contribution in [0.4, 0.5) is 0 Å². The van der Waals surface area contributed by atoms with Gasteiger partial charge in [-0.2, -0.15) is 5.10 Å². The number of hydrogen-bond donors (Lipinski definition) is 2. The zero-order chi connectivity index (χ0) is 26.4. The third kappa shape index (κ3) is 4.46. The first-order chi connectivity index (χ1) is 18.3. The van der Waals surface area contributed by atoms with Crippen LogP contribution in [0.5, 0.6) is 0 Å². The summed E-state index contributed by atoms with van der Waals surface area (Å²) in [6, 6.07) is 8.31. The molecule has 1 amide bonds. The summed E-state index contributed by atoms with van der Waals surface area (Å²) in [6.45, 7) is 5.92. The Labute approximate surface area is 219 Å². The number of fused-ring (bicyclic) bond motifs is 2. The van der Waals surface area contributed by atoms with Gasteiger partial charge in [-0.1, -0.05) is 45.4 Å². The fourth-order valence-electron chi connectivity index (χ4n) is 4.96. The average molecular weight is 511 g/mol. The van der Waals surface area contributed by atoms with Gasteiger partial charge in [0.25, 0.3) is 0 Å². The molecule has 4 aromatic heterocycles. The molecule has 4 heterocycles. The van der Waals surface area contributed by atoms with Crippen LogP contribution < -0.4 is 5.32 Å². The Morgan fingerprint density at radius 3 is 2.79 bits per heavy atom. The highest BCUT2D eigenvalue weighted by Gasteiger charge is 2.27. The quantitative estimate of drug-likeness (QED) is 0.329. The Bertz CT molecular complexity index is 1640. The smallest absolute Gasteiger partial charge is 0.309 e. The Hall–Kier alpha value is -4.34. The highest BCUT2D eigenvalue weighted by molar-refractivity contribution is 5.92. The predicted molar refractivity (Wildman–Crippen MR) is 142 cm³/mol. The van der Waals surface area contributed by atoms with Crippen molar-refractivity contribution in [1.82, 2.24) is 40.2 Å². The van der Waals surface area contributed by atoms with Crippen LogP contribution in [0.15, 0.2) is 47.3 Å². The van der Waals surface area contributed by atoms with Gasteiger partial charge in [0.05, 0.1) is 17.8 Å². The third-order valence-electron chi connectivity index (χ3n) is 6.95. The van der Waals surface area contributed by atoms with Crippen LogP contribution in [0, 0.1) is 0 Å². The molecule has 1 aromatic carbocycles. The molecule has 0 bridgehead atoms. The van der Waals surface area contributed by atoms with Crippen LogP contribution in [-0.2, 0) is 18.9 Å². The summed E-state index contributed by atoms with van der Waals surface area (Å²) >= 11 is 0. The number of amides is 1. The molecule has 0 aliphatic heterocycles. The Kier molecular flexibility index (Phi) is 5.81. The number of nitrogens with one attached hydrogen (secondary N) is 2. The summed E-state index contributed by atoms with van der Waals surface area (Å²) in [5.74, 6) is 0.841. The highest BCUT2D eigenvalue weighted by Crippen LogP contribution is 2.35. The molecule has 0 fully saturated rings. The molecule has 0 unspecified atom stereocenters. The number of carbonyl (C=O) groups excluding carboxylic acids is 1. The Morgan fingerprint density at radius 2 is 2.03 bits per heavy atom. The number of nitrogens with zero attached hydrogens (tertiary/aromatic N) is 6. The number of rotatable bonds is 4. The lowest BCUT2D eigenvalue weighted by atomic mass is 9.94. The maximum Gasteiger partial charge on any atom is 0.309 e. The SMILES string of the molecule is Cn1cc(-c2nc3c(-c4ccc5c(c4)CCCC[C@@H]5NC(=O)c4nnc(C(C)(C)C)o4)ccnc3[nH]2)cn1. The van der Waals surface area contributed by atoms with E-state index in [1.54, 1.807) is 17.1 Å². The van der Waals surface area contributed by atoms with Crippen molar-refractivity contribution in [3.63, 3.8) is 0 Å². The van der Waals surface area contributed by atoms with E-state index in [9.17, 15) is 4.79 Å². The summed E-state index contributed by atoms with van der Waals surface area (Å²) in [7, 11) is 1.88. The number of aryl methyl sites for hydroxylation is 2. The molecular formula is C28H30N8O2. The van der Waals surface area contributed by atoms with E-state index in [1.165, 1.54) is 5.56 Å². The van der Waals surface area contributed by atoms with E-state index < -0.39 is 0 Å². The first-order valence-electron chi connectivity index (χ1n) is 12.9. The molecule has 0 radical (unpaired) electrons. The number of aromatic amines is 1. The second kappa shape index (κ2) is 9.20. The largest absolute Gasteiger partial charge is 0.416 e. The molecular weight excluding hydrogens is 480 g/mol. The van der Waals surface area contributed by atoms with E-state index in [4.69, 9.17) is 9.40 Å². The molecule has 0 saturated heterocycles. The van der Waals surface area contributed by atoms with Gasteiger partial charge in [0.2, 0.25) is 5.89 Å². The molecule has 0 saturated carbocycles. The number of carbonyl (C=O) groups is 1. The second-order valence-electron chi connectivity index (χ2n) is 10.9. The average Bonchev–Trinajstić information content (AvgIpc) is 3.62. The summed E-state index contributed by atoms with van der Waals surface area (Å²) in [5.41, 5.74) is 6.56. The second-order valence-corrected chi connectivity index (χ2v) is 10.9. The van der Waals surface area contributed by atoms with Gasteiger partial charge in [-0.05, 0) is 42.0 Å². The van der Waals surface area contributed by atoms with E-state index in [-0.39, 0.29) is 23.3 Å². The standard InChI is InChI=1S/C28H30N8O2/c1-28(2,3)27-35-34-26(38-27)25(37)31-21-8-6-5-7-16-13-17(9-10-19(16)21)20-11-12-29-24-22(20)32-23(33-24)18-14-30-36(4)15-18/h9-15,21H,5-8H2,1-4H3,(H,31,37)(H,29,32,33)/t21-/m0/s1. The molecule has 194 valence electrons. The molecule has 10 nitrogen and oxygen atoms in total. The van der Waals surface area contributed by atoms with E-state index in [1.807, 2.05) is 40.1 Å². The Morgan fingerprint density at radius 1 is 1.16 bits per heavy atom. The maximum absolute atomic E-state index is 13.0. The van der Waals surface area contributed by atoms with Gasteiger partial charge in [-0.3, -0.25) is 9.48 Å². The molecule has 2 N–H and O–H groups in total. The normalized spacial score (nSPS) is 15.8. The summed E-state index contributed by atoms with van der Waals surface area (Å²) in [5, 5.41) is 15.4. The van der Waals surface area contributed by atoms with Crippen LogP contribution in [0.3, 0.4) is 0 Å². The van der Waals surface area contributed by atoms with Crippen molar-refractivity contribution >= 4 is 17.1 Å². The molecule has 10 heteroatoms. The first-order valence-corrected chi connectivity index (χ1v) is 12.9. The van der Waals surface area contributed by atoms with Crippen molar-refractivity contribution in [2.24, 2.45) is 7.05 Å². The van der Waals surface area contributed by atoms with Gasteiger partial charge >= 0.3 is 11.8 Å². The van der Waals surface area contributed by atoms with Crippen molar-refractivity contribution in [2.75, 3.05) is 0 Å². The van der Waals surface area contributed by atoms with E-state index >= 15 is 0 Å². The van der Waals surface area contributed by atoms with Crippen LogP contribution in [0.25, 0.3) is 33.7 Å². The van der Waals surface area contributed by atoms with Gasteiger partial charge in [0.1, 0.15) is 11.3 Å². The number of benzene rings is 1. The van der Waals surface area contributed by atoms with Crippen molar-refractivity contribution in [3.8, 4) is 22.5 Å². The lowest BCUT2D eigenvalue weighted by molar-refractivity contribution is 0.0896. The van der Waals surface area contributed by atoms with E-state index in [0.29, 0.717) is 5.89 Å². The Balaban J connectivity index is 1.31. The van der Waals surface area contributed by atoms with Gasteiger partial charge in [-0.15, -0.1) is 10.2 Å². The van der Waals surface area contributed by atoms with Crippen LogP contribution in [0.1, 0.15) is 73.8 Å². The molecule has 38 heavy (non-hydrogen) atoms. The third-order valence-corrected chi connectivity index (χ3v) is 6.95. The fourth-order valence-corrected chi connectivity index (χ4v) is 4.96. The monoisotopic (exact) mass is 510 g/mol. The maximum atomic E-state index is 13.0. The number of pyridine rings is 1. The van der Waals surface area contributed by atoms with Gasteiger partial charge in [-0.25, -0.2) is 9.97 Å². The van der Waals surface area contributed by atoms with Crippen LogP contribution >= 0.6 is 0 Å². The zero-order valence-corrected chi connectivity index (χ0v) is 21.9. The first kappa shape index (κ1) is 24.0. The molecule has 6 rings (SSSR count). The summed E-state index contributed by atoms with van der Waals surface area (Å²) in [6.07, 6.45) is 9.37. The number of imidazole rings is 1. The van der Waals surface area contributed by atoms with Crippen molar-refractivity contribution in [2.45, 2.75) is 57.9 Å². The summed E-state index contributed by atoms with van der Waals surface area (Å²) < 4.78 is 7.42. The lowest BCUT2D eigenvalue weighted by Crippen LogP contribution is -2.29. The topological polar surface area (TPSA) is 127 Å². The summed E-state index contributed by atoms with van der Waals surface area (Å²) in [4.78, 5) is 25.7. The number of hydrogen-bond acceptors (Lipinski definition) is 7. The van der Waals surface area contributed by atoms with E-state index in [0.717, 1.165) is 64.9 Å². The predicted octanol–water partition coefficient (Wildman–Crippen LogP) is 4.90. The minimum Gasteiger partial charge on any atom is -0.416 e. The van der Waals surface area contributed by atoms with Crippen LogP contribution in [-0.4, -0.2) is 40.8 Å².